The lowest BCUT2D eigenvalue weighted by molar-refractivity contribution is 0.0521. The molecule has 1 heterocycles. The highest BCUT2D eigenvalue weighted by atomic mass is 35.5. The van der Waals surface area contributed by atoms with Crippen LogP contribution >= 0.6 is 23.2 Å². The predicted octanol–water partition coefficient (Wildman–Crippen LogP) is 5.10. The molecule has 3 rings (SSSR count). The van der Waals surface area contributed by atoms with E-state index < -0.39 is 5.97 Å². The lowest BCUT2D eigenvalue weighted by Crippen LogP contribution is -2.09. The van der Waals surface area contributed by atoms with Crippen LogP contribution in [0.15, 0.2) is 54.9 Å². The Hall–Kier alpha value is -2.50. The van der Waals surface area contributed by atoms with Crippen molar-refractivity contribution in [2.24, 2.45) is 0 Å². The van der Waals surface area contributed by atoms with E-state index in [9.17, 15) is 4.79 Å². The molecule has 0 radical (unpaired) electrons. The summed E-state index contributed by atoms with van der Waals surface area (Å²) >= 11 is 11.9. The highest BCUT2D eigenvalue weighted by molar-refractivity contribution is 6.30. The van der Waals surface area contributed by atoms with Gasteiger partial charge in [0.15, 0.2) is 5.69 Å². The number of hydrogen-bond acceptors (Lipinski definition) is 4. The first-order valence-corrected chi connectivity index (χ1v) is 8.37. The Morgan fingerprint density at radius 2 is 1.68 bits per heavy atom. The number of halogens is 2. The zero-order chi connectivity index (χ0) is 17.8. The second-order valence-electron chi connectivity index (χ2n) is 5.14. The SMILES string of the molecule is CCOC(=O)c1ncn(-c2ccc(Cl)cc2)c1Nc1ccc(Cl)cc1. The smallest absolute Gasteiger partial charge is 0.360 e. The van der Waals surface area contributed by atoms with E-state index >= 15 is 0 Å². The molecule has 3 aromatic rings. The molecule has 0 aliphatic carbocycles. The minimum absolute atomic E-state index is 0.201. The molecule has 0 aliphatic rings. The van der Waals surface area contributed by atoms with Crippen molar-refractivity contribution in [2.45, 2.75) is 6.92 Å². The van der Waals surface area contributed by atoms with Crippen LogP contribution in [0.5, 0.6) is 0 Å². The van der Waals surface area contributed by atoms with Crippen molar-refractivity contribution in [2.75, 3.05) is 11.9 Å². The Kier molecular flexibility index (Phi) is 5.26. The van der Waals surface area contributed by atoms with Crippen LogP contribution in [0, 0.1) is 0 Å². The third kappa shape index (κ3) is 3.95. The fourth-order valence-corrected chi connectivity index (χ4v) is 2.54. The fraction of sp³-hybridized carbons (Fsp3) is 0.111. The summed E-state index contributed by atoms with van der Waals surface area (Å²) in [4.78, 5) is 16.4. The number of carbonyl (C=O) groups excluding carboxylic acids is 1. The van der Waals surface area contributed by atoms with Crippen molar-refractivity contribution >= 4 is 40.7 Å². The van der Waals surface area contributed by atoms with Crippen LogP contribution < -0.4 is 5.32 Å². The summed E-state index contributed by atoms with van der Waals surface area (Å²) in [5.74, 6) is 0.00905. The molecular formula is C18H15Cl2N3O2. The van der Waals surface area contributed by atoms with Crippen molar-refractivity contribution in [3.63, 3.8) is 0 Å². The molecule has 2 aromatic carbocycles. The maximum absolute atomic E-state index is 12.2. The summed E-state index contributed by atoms with van der Waals surface area (Å²) in [7, 11) is 0. The minimum atomic E-state index is -0.494. The number of benzene rings is 2. The molecule has 5 nitrogen and oxygen atoms in total. The Balaban J connectivity index is 2.04. The third-order valence-electron chi connectivity index (χ3n) is 3.45. The highest BCUT2D eigenvalue weighted by Crippen LogP contribution is 2.26. The Morgan fingerprint density at radius 1 is 1.08 bits per heavy atom. The van der Waals surface area contributed by atoms with E-state index in [0.29, 0.717) is 15.9 Å². The van der Waals surface area contributed by atoms with Crippen LogP contribution in [-0.4, -0.2) is 22.1 Å². The van der Waals surface area contributed by atoms with E-state index in [2.05, 4.69) is 10.3 Å². The molecule has 0 amide bonds. The average molecular weight is 376 g/mol. The lowest BCUT2D eigenvalue weighted by Gasteiger charge is -2.12. The summed E-state index contributed by atoms with van der Waals surface area (Å²) in [5.41, 5.74) is 1.78. The van der Waals surface area contributed by atoms with Gasteiger partial charge in [0.2, 0.25) is 0 Å². The van der Waals surface area contributed by atoms with Crippen molar-refractivity contribution in [1.29, 1.82) is 0 Å². The molecule has 128 valence electrons. The number of ether oxygens (including phenoxy) is 1. The molecule has 0 spiro atoms. The van der Waals surface area contributed by atoms with Gasteiger partial charge in [0.1, 0.15) is 12.1 Å². The van der Waals surface area contributed by atoms with E-state index in [0.717, 1.165) is 11.4 Å². The third-order valence-corrected chi connectivity index (χ3v) is 3.95. The maximum Gasteiger partial charge on any atom is 0.360 e. The predicted molar refractivity (Wildman–Crippen MR) is 99.3 cm³/mol. The zero-order valence-electron chi connectivity index (χ0n) is 13.4. The van der Waals surface area contributed by atoms with E-state index in [-0.39, 0.29) is 12.3 Å². The summed E-state index contributed by atoms with van der Waals surface area (Å²) in [6.07, 6.45) is 1.56. The number of aromatic nitrogens is 2. The van der Waals surface area contributed by atoms with Gasteiger partial charge in [-0.05, 0) is 55.5 Å². The largest absolute Gasteiger partial charge is 0.461 e. The van der Waals surface area contributed by atoms with Gasteiger partial charge in [-0.1, -0.05) is 23.2 Å². The zero-order valence-corrected chi connectivity index (χ0v) is 14.9. The molecule has 0 fully saturated rings. The number of nitrogens with zero attached hydrogens (tertiary/aromatic N) is 2. The maximum atomic E-state index is 12.2. The summed E-state index contributed by atoms with van der Waals surface area (Å²) in [6, 6.07) is 14.4. The van der Waals surface area contributed by atoms with Gasteiger partial charge in [0.05, 0.1) is 6.61 Å². The van der Waals surface area contributed by atoms with Crippen LogP contribution in [0.25, 0.3) is 5.69 Å². The number of carbonyl (C=O) groups is 1. The number of rotatable bonds is 5. The van der Waals surface area contributed by atoms with E-state index in [1.807, 2.05) is 24.3 Å². The number of nitrogens with one attached hydrogen (secondary N) is 1. The second kappa shape index (κ2) is 7.59. The molecule has 7 heteroatoms. The summed E-state index contributed by atoms with van der Waals surface area (Å²) in [6.45, 7) is 2.02. The van der Waals surface area contributed by atoms with Gasteiger partial charge in [-0.2, -0.15) is 0 Å². The Bertz CT molecular complexity index is 874. The standard InChI is InChI=1S/C18H15Cl2N3O2/c1-2-25-18(24)16-17(22-14-7-3-12(19)4-8-14)23(11-21-16)15-9-5-13(20)6-10-15/h3-11,22H,2H2,1H3. The van der Waals surface area contributed by atoms with Gasteiger partial charge in [-0.15, -0.1) is 0 Å². The van der Waals surface area contributed by atoms with E-state index in [1.54, 1.807) is 42.1 Å². The van der Waals surface area contributed by atoms with Crippen molar-refractivity contribution in [3.05, 3.63) is 70.6 Å². The molecular weight excluding hydrogens is 361 g/mol. The molecule has 0 saturated heterocycles. The van der Waals surface area contributed by atoms with Crippen molar-refractivity contribution in [1.82, 2.24) is 9.55 Å². The highest BCUT2D eigenvalue weighted by Gasteiger charge is 2.20. The molecule has 1 aromatic heterocycles. The monoisotopic (exact) mass is 375 g/mol. The van der Waals surface area contributed by atoms with Crippen molar-refractivity contribution in [3.8, 4) is 5.69 Å². The molecule has 25 heavy (non-hydrogen) atoms. The fourth-order valence-electron chi connectivity index (χ4n) is 2.28. The van der Waals surface area contributed by atoms with Gasteiger partial charge in [-0.25, -0.2) is 9.78 Å². The normalized spacial score (nSPS) is 10.5. The minimum Gasteiger partial charge on any atom is -0.461 e. The summed E-state index contributed by atoms with van der Waals surface area (Å²) in [5, 5.41) is 4.46. The van der Waals surface area contributed by atoms with Crippen LogP contribution in [0.2, 0.25) is 10.0 Å². The van der Waals surface area contributed by atoms with Crippen LogP contribution in [0.1, 0.15) is 17.4 Å². The van der Waals surface area contributed by atoms with E-state index in [4.69, 9.17) is 27.9 Å². The molecule has 0 saturated carbocycles. The van der Waals surface area contributed by atoms with E-state index in [1.165, 1.54) is 0 Å². The Morgan fingerprint density at radius 3 is 2.28 bits per heavy atom. The number of esters is 1. The van der Waals surface area contributed by atoms with Gasteiger partial charge >= 0.3 is 5.97 Å². The second-order valence-corrected chi connectivity index (χ2v) is 6.01. The topological polar surface area (TPSA) is 56.1 Å². The first-order chi connectivity index (χ1) is 12.1. The Labute approximate surface area is 155 Å². The average Bonchev–Trinajstić information content (AvgIpc) is 3.01. The molecule has 1 N–H and O–H groups in total. The van der Waals surface area contributed by atoms with Crippen LogP contribution in [0.3, 0.4) is 0 Å². The van der Waals surface area contributed by atoms with Gasteiger partial charge < -0.3 is 10.1 Å². The first kappa shape index (κ1) is 17.3. The lowest BCUT2D eigenvalue weighted by atomic mass is 10.3. The van der Waals surface area contributed by atoms with Crippen LogP contribution in [-0.2, 0) is 4.74 Å². The van der Waals surface area contributed by atoms with Gasteiger partial charge in [-0.3, -0.25) is 4.57 Å². The first-order valence-electron chi connectivity index (χ1n) is 7.61. The quantitative estimate of drug-likeness (QED) is 0.630. The number of imidazole rings is 1. The van der Waals surface area contributed by atoms with Gasteiger partial charge in [0, 0.05) is 21.4 Å². The molecule has 0 aliphatic heterocycles. The molecule has 0 bridgehead atoms. The molecule has 0 atom stereocenters. The number of anilines is 2. The van der Waals surface area contributed by atoms with Crippen molar-refractivity contribution < 1.29 is 9.53 Å². The van der Waals surface area contributed by atoms with Crippen LogP contribution in [0.4, 0.5) is 11.5 Å². The van der Waals surface area contributed by atoms with Gasteiger partial charge in [0.25, 0.3) is 0 Å². The summed E-state index contributed by atoms with van der Waals surface area (Å²) < 4.78 is 6.86. The number of hydrogen-bond donors (Lipinski definition) is 1. The molecule has 0 unspecified atom stereocenters.